The molecule has 33 heavy (non-hydrogen) atoms. The lowest BCUT2D eigenvalue weighted by Crippen LogP contribution is -2.18. The van der Waals surface area contributed by atoms with Crippen molar-refractivity contribution < 1.29 is 14.3 Å². The van der Waals surface area contributed by atoms with Crippen LogP contribution in [0.1, 0.15) is 101 Å². The molecule has 1 atom stereocenters. The Hall–Kier alpha value is -2.29. The quantitative estimate of drug-likeness (QED) is 0.275. The van der Waals surface area contributed by atoms with E-state index in [1.54, 1.807) is 0 Å². The van der Waals surface area contributed by atoms with Crippen molar-refractivity contribution in [3.05, 3.63) is 59.2 Å². The largest absolute Gasteiger partial charge is 0.493 e. The van der Waals surface area contributed by atoms with Crippen molar-refractivity contribution in [2.24, 2.45) is 5.92 Å². The van der Waals surface area contributed by atoms with Gasteiger partial charge < -0.3 is 9.47 Å². The average molecular weight is 451 g/mol. The highest BCUT2D eigenvalue weighted by Gasteiger charge is 2.22. The molecule has 3 nitrogen and oxygen atoms in total. The smallest absolute Gasteiger partial charge is 0.142 e. The molecule has 0 radical (unpaired) electrons. The van der Waals surface area contributed by atoms with Gasteiger partial charge in [-0.15, -0.1) is 0 Å². The molecule has 0 N–H and O–H groups in total. The van der Waals surface area contributed by atoms with Crippen molar-refractivity contribution in [1.29, 1.82) is 0 Å². The second kappa shape index (κ2) is 12.8. The van der Waals surface area contributed by atoms with Crippen LogP contribution in [0.2, 0.25) is 0 Å². The molecule has 3 heteroatoms. The highest BCUT2D eigenvalue weighted by atomic mass is 16.5. The molecule has 0 bridgehead atoms. The molecule has 0 aliphatic heterocycles. The van der Waals surface area contributed by atoms with Crippen LogP contribution < -0.4 is 9.47 Å². The minimum Gasteiger partial charge on any atom is -0.493 e. The van der Waals surface area contributed by atoms with Crippen LogP contribution in [0, 0.1) is 5.92 Å². The van der Waals surface area contributed by atoms with E-state index in [4.69, 9.17) is 9.47 Å². The van der Waals surface area contributed by atoms with Crippen molar-refractivity contribution in [2.45, 2.75) is 90.9 Å². The summed E-state index contributed by atoms with van der Waals surface area (Å²) in [6.45, 7) is 9.60. The van der Waals surface area contributed by atoms with E-state index in [1.165, 1.54) is 30.4 Å². The van der Waals surface area contributed by atoms with Crippen LogP contribution in [0.15, 0.2) is 42.5 Å². The van der Waals surface area contributed by atoms with Crippen LogP contribution in [0.4, 0.5) is 0 Å². The van der Waals surface area contributed by atoms with Gasteiger partial charge in [-0.2, -0.15) is 0 Å². The Kier molecular flexibility index (Phi) is 9.84. The fourth-order valence-electron chi connectivity index (χ4n) is 4.59. The van der Waals surface area contributed by atoms with Crippen LogP contribution in [-0.4, -0.2) is 19.0 Å². The summed E-state index contributed by atoms with van der Waals surface area (Å²) in [6.07, 6.45) is 8.96. The van der Waals surface area contributed by atoms with Gasteiger partial charge in [0.25, 0.3) is 0 Å². The van der Waals surface area contributed by atoms with E-state index in [1.807, 2.05) is 38.1 Å². The van der Waals surface area contributed by atoms with Crippen LogP contribution in [0.3, 0.4) is 0 Å². The third-order valence-electron chi connectivity index (χ3n) is 6.77. The molecule has 0 saturated heterocycles. The van der Waals surface area contributed by atoms with E-state index < -0.39 is 0 Å². The molecule has 3 rings (SSSR count). The number of ketones is 1. The zero-order valence-corrected chi connectivity index (χ0v) is 21.1. The molecule has 1 unspecified atom stereocenters. The molecule has 0 heterocycles. The van der Waals surface area contributed by atoms with Crippen LogP contribution in [0.25, 0.3) is 0 Å². The molecule has 2 aromatic carbocycles. The van der Waals surface area contributed by atoms with Crippen LogP contribution in [0.5, 0.6) is 11.5 Å². The molecule has 0 spiro atoms. The lowest BCUT2D eigenvalue weighted by molar-refractivity contribution is -0.123. The molecular weight excluding hydrogens is 408 g/mol. The summed E-state index contributed by atoms with van der Waals surface area (Å²) in [6, 6.07) is 14.9. The summed E-state index contributed by atoms with van der Waals surface area (Å²) in [4.78, 5) is 12.6. The maximum atomic E-state index is 12.6. The standard InChI is InChI=1S/C30H42O3/c1-5-9-26-21-25(23-11-7-12-23)15-18-29(26)33-20-8-19-32-27-16-13-24(14-17-27)28(10-6-2)30(31)22(3)4/h13-18,21-23,28H,5-12,19-20H2,1-4H3. The third-order valence-corrected chi connectivity index (χ3v) is 6.77. The van der Waals surface area contributed by atoms with Gasteiger partial charge in [0, 0.05) is 18.3 Å². The van der Waals surface area contributed by atoms with Gasteiger partial charge >= 0.3 is 0 Å². The van der Waals surface area contributed by atoms with Gasteiger partial charge in [0.1, 0.15) is 17.3 Å². The maximum absolute atomic E-state index is 12.6. The molecule has 1 aliphatic rings. The number of ether oxygens (including phenoxy) is 2. The van der Waals surface area contributed by atoms with E-state index in [0.717, 1.165) is 55.1 Å². The monoisotopic (exact) mass is 450 g/mol. The van der Waals surface area contributed by atoms with Crippen LogP contribution >= 0.6 is 0 Å². The maximum Gasteiger partial charge on any atom is 0.142 e. The lowest BCUT2D eigenvalue weighted by atomic mass is 9.79. The van der Waals surface area contributed by atoms with Gasteiger partial charge in [0.2, 0.25) is 0 Å². The number of hydrogen-bond donors (Lipinski definition) is 0. The Bertz CT molecular complexity index is 865. The second-order valence-electron chi connectivity index (χ2n) is 9.76. The van der Waals surface area contributed by atoms with Gasteiger partial charge in [-0.05, 0) is 66.5 Å². The van der Waals surface area contributed by atoms with Crippen molar-refractivity contribution in [3.8, 4) is 11.5 Å². The summed E-state index contributed by atoms with van der Waals surface area (Å²) in [5.41, 5.74) is 3.93. The van der Waals surface area contributed by atoms with Gasteiger partial charge in [0.15, 0.2) is 0 Å². The molecule has 1 saturated carbocycles. The van der Waals surface area contributed by atoms with E-state index in [0.29, 0.717) is 19.0 Å². The molecule has 1 fully saturated rings. The van der Waals surface area contributed by atoms with Crippen LogP contribution in [-0.2, 0) is 11.2 Å². The van der Waals surface area contributed by atoms with Gasteiger partial charge in [-0.1, -0.05) is 71.2 Å². The van der Waals surface area contributed by atoms with Crippen molar-refractivity contribution in [3.63, 3.8) is 0 Å². The van der Waals surface area contributed by atoms with E-state index in [2.05, 4.69) is 32.0 Å². The number of hydrogen-bond acceptors (Lipinski definition) is 3. The zero-order valence-electron chi connectivity index (χ0n) is 21.1. The normalized spacial score (nSPS) is 14.7. The van der Waals surface area contributed by atoms with Gasteiger partial charge in [-0.3, -0.25) is 4.79 Å². The summed E-state index contributed by atoms with van der Waals surface area (Å²) >= 11 is 0. The lowest BCUT2D eigenvalue weighted by Gasteiger charge is -2.26. The molecule has 0 amide bonds. The number of carbonyl (C=O) groups excluding carboxylic acids is 1. The summed E-state index contributed by atoms with van der Waals surface area (Å²) in [5, 5.41) is 0. The minimum atomic E-state index is -0.00885. The summed E-state index contributed by atoms with van der Waals surface area (Å²) in [7, 11) is 0. The highest BCUT2D eigenvalue weighted by Crippen LogP contribution is 2.38. The number of rotatable bonds is 14. The fraction of sp³-hybridized carbons (Fsp3) is 0.567. The second-order valence-corrected chi connectivity index (χ2v) is 9.76. The van der Waals surface area contributed by atoms with Crippen molar-refractivity contribution >= 4 is 5.78 Å². The molecule has 2 aromatic rings. The molecule has 180 valence electrons. The Morgan fingerprint density at radius 2 is 1.70 bits per heavy atom. The summed E-state index contributed by atoms with van der Waals surface area (Å²) in [5.74, 6) is 3.01. The third kappa shape index (κ3) is 7.09. The number of Topliss-reactive ketones (excluding diaryl/α,β-unsaturated/α-hetero) is 1. The average Bonchev–Trinajstić information content (AvgIpc) is 2.77. The molecular formula is C30H42O3. The predicted molar refractivity (Wildman–Crippen MR) is 137 cm³/mol. The first-order chi connectivity index (χ1) is 16.0. The Morgan fingerprint density at radius 1 is 0.970 bits per heavy atom. The van der Waals surface area contributed by atoms with E-state index >= 15 is 0 Å². The first-order valence-corrected chi connectivity index (χ1v) is 13.1. The number of benzene rings is 2. The van der Waals surface area contributed by atoms with Gasteiger partial charge in [0.05, 0.1) is 13.2 Å². The van der Waals surface area contributed by atoms with Crippen molar-refractivity contribution in [2.75, 3.05) is 13.2 Å². The topological polar surface area (TPSA) is 35.5 Å². The number of aryl methyl sites for hydroxylation is 1. The predicted octanol–water partition coefficient (Wildman–Crippen LogP) is 7.86. The zero-order chi connectivity index (χ0) is 23.6. The fourth-order valence-corrected chi connectivity index (χ4v) is 4.59. The molecule has 0 aromatic heterocycles. The minimum absolute atomic E-state index is 0.00885. The van der Waals surface area contributed by atoms with Gasteiger partial charge in [-0.25, -0.2) is 0 Å². The first-order valence-electron chi connectivity index (χ1n) is 13.1. The van der Waals surface area contributed by atoms with E-state index in [9.17, 15) is 4.79 Å². The molecule has 1 aliphatic carbocycles. The SMILES string of the molecule is CCCc1cc(C2CCC2)ccc1OCCCOc1ccc(C(CCC)C(=O)C(C)C)cc1. The van der Waals surface area contributed by atoms with Crippen molar-refractivity contribution in [1.82, 2.24) is 0 Å². The summed E-state index contributed by atoms with van der Waals surface area (Å²) < 4.78 is 12.1. The Morgan fingerprint density at radius 3 is 2.30 bits per heavy atom. The highest BCUT2D eigenvalue weighted by molar-refractivity contribution is 5.87. The number of carbonyl (C=O) groups is 1. The Labute approximate surface area is 200 Å². The van der Waals surface area contributed by atoms with E-state index in [-0.39, 0.29) is 11.8 Å². The Balaban J connectivity index is 1.46. The first kappa shape index (κ1) is 25.3.